The average Bonchev–Trinajstić information content (AvgIpc) is 2.92. The van der Waals surface area contributed by atoms with Crippen LogP contribution < -0.4 is 4.74 Å². The van der Waals surface area contributed by atoms with Crippen LogP contribution in [0.4, 0.5) is 0 Å². The molecule has 1 N–H and O–H groups in total. The molecule has 0 unspecified atom stereocenters. The number of aromatic nitrogens is 1. The van der Waals surface area contributed by atoms with Crippen molar-refractivity contribution < 1.29 is 9.53 Å². The lowest BCUT2D eigenvalue weighted by atomic mass is 10.0. The van der Waals surface area contributed by atoms with Crippen LogP contribution in [0.3, 0.4) is 0 Å². The number of hydrogen-bond acceptors (Lipinski definition) is 2. The van der Waals surface area contributed by atoms with Crippen LogP contribution in [0.5, 0.6) is 5.75 Å². The molecule has 2 aromatic carbocycles. The van der Waals surface area contributed by atoms with Crippen molar-refractivity contribution in [1.82, 2.24) is 4.98 Å². The molecular weight excluding hydrogens is 330 g/mol. The Bertz CT molecular complexity index is 790. The minimum atomic E-state index is 0.0943. The van der Waals surface area contributed by atoms with Gasteiger partial charge in [0, 0.05) is 33.6 Å². The summed E-state index contributed by atoms with van der Waals surface area (Å²) in [6, 6.07) is 13.5. The Morgan fingerprint density at radius 3 is 2.67 bits per heavy atom. The van der Waals surface area contributed by atoms with Crippen LogP contribution in [0.2, 0.25) is 0 Å². The predicted molar refractivity (Wildman–Crippen MR) is 87.0 cm³/mol. The summed E-state index contributed by atoms with van der Waals surface area (Å²) >= 11 is 3.39. The molecule has 0 radical (unpaired) electrons. The summed E-state index contributed by atoms with van der Waals surface area (Å²) in [7, 11) is 1.62. The van der Waals surface area contributed by atoms with Crippen LogP contribution in [0.1, 0.15) is 15.9 Å². The van der Waals surface area contributed by atoms with Crippen LogP contribution in [-0.2, 0) is 6.42 Å². The maximum atomic E-state index is 12.5. The highest BCUT2D eigenvalue weighted by Gasteiger charge is 2.13. The quantitative estimate of drug-likeness (QED) is 0.715. The van der Waals surface area contributed by atoms with Crippen LogP contribution in [-0.4, -0.2) is 17.9 Å². The Morgan fingerprint density at radius 1 is 1.19 bits per heavy atom. The van der Waals surface area contributed by atoms with Crippen molar-refractivity contribution in [2.45, 2.75) is 6.42 Å². The fourth-order valence-electron chi connectivity index (χ4n) is 2.34. The molecule has 0 saturated heterocycles. The number of benzene rings is 2. The summed E-state index contributed by atoms with van der Waals surface area (Å²) in [5.74, 6) is 0.844. The predicted octanol–water partition coefficient (Wildman–Crippen LogP) is 4.36. The molecule has 0 aliphatic rings. The molecule has 3 aromatic rings. The van der Waals surface area contributed by atoms with E-state index in [2.05, 4.69) is 20.9 Å². The average molecular weight is 344 g/mol. The largest absolute Gasteiger partial charge is 0.497 e. The van der Waals surface area contributed by atoms with Crippen molar-refractivity contribution in [3.63, 3.8) is 0 Å². The van der Waals surface area contributed by atoms with Gasteiger partial charge in [-0.3, -0.25) is 4.79 Å². The van der Waals surface area contributed by atoms with Crippen molar-refractivity contribution >= 4 is 32.6 Å². The van der Waals surface area contributed by atoms with Gasteiger partial charge in [0.05, 0.1) is 7.11 Å². The summed E-state index contributed by atoms with van der Waals surface area (Å²) in [6.07, 6.45) is 2.16. The van der Waals surface area contributed by atoms with Gasteiger partial charge < -0.3 is 9.72 Å². The van der Waals surface area contributed by atoms with Crippen molar-refractivity contribution in [3.8, 4) is 5.75 Å². The summed E-state index contributed by atoms with van der Waals surface area (Å²) in [6.45, 7) is 0. The molecule has 0 aliphatic heterocycles. The second kappa shape index (κ2) is 5.74. The van der Waals surface area contributed by atoms with E-state index in [4.69, 9.17) is 4.74 Å². The highest BCUT2D eigenvalue weighted by atomic mass is 79.9. The van der Waals surface area contributed by atoms with Crippen molar-refractivity contribution in [2.24, 2.45) is 0 Å². The molecule has 0 atom stereocenters. The highest BCUT2D eigenvalue weighted by molar-refractivity contribution is 9.10. The fraction of sp³-hybridized carbons (Fsp3) is 0.118. The molecule has 3 nitrogen and oxygen atoms in total. The molecule has 0 fully saturated rings. The van der Waals surface area contributed by atoms with E-state index in [9.17, 15) is 4.79 Å². The maximum absolute atomic E-state index is 12.5. The van der Waals surface area contributed by atoms with Crippen LogP contribution in [0, 0.1) is 0 Å². The number of rotatable bonds is 4. The van der Waals surface area contributed by atoms with Crippen LogP contribution >= 0.6 is 15.9 Å². The molecule has 0 saturated carbocycles. The molecule has 0 aliphatic carbocycles. The number of methoxy groups -OCH3 is 1. The molecule has 0 spiro atoms. The number of H-pyrrole nitrogens is 1. The minimum Gasteiger partial charge on any atom is -0.497 e. The normalized spacial score (nSPS) is 10.8. The number of carbonyl (C=O) groups excluding carboxylic acids is 1. The van der Waals surface area contributed by atoms with Gasteiger partial charge in [-0.05, 0) is 35.9 Å². The molecular formula is C17H14BrNO2. The number of nitrogens with one attached hydrogen (secondary N) is 1. The smallest absolute Gasteiger partial charge is 0.169 e. The van der Waals surface area contributed by atoms with E-state index in [0.29, 0.717) is 12.0 Å². The van der Waals surface area contributed by atoms with E-state index < -0.39 is 0 Å². The number of fused-ring (bicyclic) bond motifs is 1. The number of ether oxygens (including phenoxy) is 1. The zero-order chi connectivity index (χ0) is 14.8. The van der Waals surface area contributed by atoms with Crippen molar-refractivity contribution in [2.75, 3.05) is 7.11 Å². The SMILES string of the molecule is COc1ccc2[nH]cc(C(=O)Cc3ccc(Br)cc3)c2c1. The van der Waals surface area contributed by atoms with E-state index >= 15 is 0 Å². The highest BCUT2D eigenvalue weighted by Crippen LogP contribution is 2.25. The number of carbonyl (C=O) groups is 1. The van der Waals surface area contributed by atoms with E-state index in [1.165, 1.54) is 0 Å². The first-order valence-electron chi connectivity index (χ1n) is 6.60. The number of ketones is 1. The number of hydrogen-bond donors (Lipinski definition) is 1. The topological polar surface area (TPSA) is 42.1 Å². The molecule has 1 aromatic heterocycles. The zero-order valence-corrected chi connectivity index (χ0v) is 13.1. The van der Waals surface area contributed by atoms with E-state index in [-0.39, 0.29) is 5.78 Å². The second-order valence-corrected chi connectivity index (χ2v) is 5.76. The Hall–Kier alpha value is -2.07. The van der Waals surface area contributed by atoms with Gasteiger partial charge in [0.15, 0.2) is 5.78 Å². The molecule has 3 rings (SSSR count). The van der Waals surface area contributed by atoms with Crippen molar-refractivity contribution in [1.29, 1.82) is 0 Å². The lowest BCUT2D eigenvalue weighted by molar-refractivity contribution is 0.0994. The summed E-state index contributed by atoms with van der Waals surface area (Å²) in [4.78, 5) is 15.6. The fourth-order valence-corrected chi connectivity index (χ4v) is 2.60. The Balaban J connectivity index is 1.92. The van der Waals surface area contributed by atoms with Gasteiger partial charge in [-0.1, -0.05) is 28.1 Å². The van der Waals surface area contributed by atoms with Gasteiger partial charge in [0.25, 0.3) is 0 Å². The van der Waals surface area contributed by atoms with Gasteiger partial charge in [-0.25, -0.2) is 0 Å². The van der Waals surface area contributed by atoms with Crippen LogP contribution in [0.15, 0.2) is 53.1 Å². The standard InChI is InChI=1S/C17H14BrNO2/c1-21-13-6-7-16-14(9-13)15(10-19-16)17(20)8-11-2-4-12(18)5-3-11/h2-7,9-10,19H,8H2,1H3. The lowest BCUT2D eigenvalue weighted by Gasteiger charge is -2.03. The van der Waals surface area contributed by atoms with Gasteiger partial charge in [0.1, 0.15) is 5.75 Å². The third-order valence-electron chi connectivity index (χ3n) is 3.47. The first-order valence-corrected chi connectivity index (χ1v) is 7.39. The summed E-state index contributed by atoms with van der Waals surface area (Å²) in [5, 5.41) is 0.900. The maximum Gasteiger partial charge on any atom is 0.169 e. The monoisotopic (exact) mass is 343 g/mol. The Morgan fingerprint density at radius 2 is 1.95 bits per heavy atom. The Labute approximate surface area is 131 Å². The first-order chi connectivity index (χ1) is 10.2. The third kappa shape index (κ3) is 2.85. The van der Waals surface area contributed by atoms with E-state index in [1.807, 2.05) is 42.5 Å². The van der Waals surface area contributed by atoms with Gasteiger partial charge in [-0.15, -0.1) is 0 Å². The van der Waals surface area contributed by atoms with E-state index in [0.717, 1.165) is 26.7 Å². The second-order valence-electron chi connectivity index (χ2n) is 4.84. The summed E-state index contributed by atoms with van der Waals surface area (Å²) < 4.78 is 6.24. The van der Waals surface area contributed by atoms with E-state index in [1.54, 1.807) is 13.3 Å². The molecule has 0 amide bonds. The molecule has 1 heterocycles. The minimum absolute atomic E-state index is 0.0943. The lowest BCUT2D eigenvalue weighted by Crippen LogP contribution is -2.02. The van der Waals surface area contributed by atoms with Crippen molar-refractivity contribution in [3.05, 3.63) is 64.3 Å². The number of Topliss-reactive ketones (excluding diaryl/α,β-unsaturated/α-hetero) is 1. The van der Waals surface area contributed by atoms with Crippen LogP contribution in [0.25, 0.3) is 10.9 Å². The number of halogens is 1. The molecule has 106 valence electrons. The third-order valence-corrected chi connectivity index (χ3v) is 4.00. The van der Waals surface area contributed by atoms with Gasteiger partial charge >= 0.3 is 0 Å². The summed E-state index contributed by atoms with van der Waals surface area (Å²) in [5.41, 5.74) is 2.64. The van der Waals surface area contributed by atoms with Gasteiger partial charge in [0.2, 0.25) is 0 Å². The molecule has 21 heavy (non-hydrogen) atoms. The molecule has 0 bridgehead atoms. The zero-order valence-electron chi connectivity index (χ0n) is 11.5. The Kier molecular flexibility index (Phi) is 3.80. The van der Waals surface area contributed by atoms with Gasteiger partial charge in [-0.2, -0.15) is 0 Å². The number of aromatic amines is 1. The first kappa shape index (κ1) is 13.9. The molecule has 4 heteroatoms.